The molecule has 0 amide bonds. The van der Waals surface area contributed by atoms with Crippen molar-refractivity contribution in [3.05, 3.63) is 0 Å². The normalized spacial score (nSPS) is 30.8. The molecule has 26 heavy (non-hydrogen) atoms. The number of nitrogens with zero attached hydrogens (tertiary/aromatic N) is 3. The SMILES string of the molecule is CN=C(NCC(C)(C)NS(C)(=O)=O)N1CCN(C2CC3CCC2C3)CC1. The van der Waals surface area contributed by atoms with Gasteiger partial charge in [-0.25, -0.2) is 13.1 Å². The maximum atomic E-state index is 11.5. The Bertz CT molecular complexity index is 625. The minimum atomic E-state index is -3.23. The fraction of sp³-hybridized carbons (Fsp3) is 0.944. The zero-order valence-corrected chi connectivity index (χ0v) is 17.5. The van der Waals surface area contributed by atoms with E-state index in [9.17, 15) is 8.42 Å². The van der Waals surface area contributed by atoms with Crippen molar-refractivity contribution in [2.45, 2.75) is 51.1 Å². The lowest BCUT2D eigenvalue weighted by Gasteiger charge is -2.42. The Morgan fingerprint density at radius 1 is 1.15 bits per heavy atom. The first kappa shape index (κ1) is 19.9. The molecule has 3 atom stereocenters. The van der Waals surface area contributed by atoms with Gasteiger partial charge in [-0.05, 0) is 44.9 Å². The summed E-state index contributed by atoms with van der Waals surface area (Å²) >= 11 is 0. The summed E-state index contributed by atoms with van der Waals surface area (Å²) in [6.45, 7) is 8.41. The highest BCUT2D eigenvalue weighted by atomic mass is 32.2. The highest BCUT2D eigenvalue weighted by Gasteiger charge is 2.42. The number of guanidine groups is 1. The number of nitrogens with one attached hydrogen (secondary N) is 2. The van der Waals surface area contributed by atoms with Crippen LogP contribution in [0.15, 0.2) is 4.99 Å². The second-order valence-electron chi connectivity index (χ2n) is 8.92. The number of hydrogen-bond acceptors (Lipinski definition) is 4. The van der Waals surface area contributed by atoms with Gasteiger partial charge in [-0.15, -0.1) is 0 Å². The Morgan fingerprint density at radius 2 is 1.85 bits per heavy atom. The molecule has 2 saturated carbocycles. The first-order chi connectivity index (χ1) is 12.2. The summed E-state index contributed by atoms with van der Waals surface area (Å²) in [6.07, 6.45) is 6.94. The van der Waals surface area contributed by atoms with Crippen molar-refractivity contribution < 1.29 is 8.42 Å². The summed E-state index contributed by atoms with van der Waals surface area (Å²) in [5.74, 6) is 2.79. The minimum absolute atomic E-state index is 0.499. The van der Waals surface area contributed by atoms with Crippen LogP contribution in [0.25, 0.3) is 0 Å². The highest BCUT2D eigenvalue weighted by Crippen LogP contribution is 2.46. The van der Waals surface area contributed by atoms with Crippen molar-refractivity contribution in [3.8, 4) is 0 Å². The van der Waals surface area contributed by atoms with Crippen LogP contribution in [0, 0.1) is 11.8 Å². The van der Waals surface area contributed by atoms with Crippen LogP contribution in [0.2, 0.25) is 0 Å². The molecule has 3 unspecified atom stereocenters. The first-order valence-electron chi connectivity index (χ1n) is 9.85. The molecular formula is C18H35N5O2S. The number of rotatable bonds is 5. The van der Waals surface area contributed by atoms with E-state index in [-0.39, 0.29) is 0 Å². The number of piperazine rings is 1. The van der Waals surface area contributed by atoms with E-state index in [1.54, 1.807) is 7.05 Å². The summed E-state index contributed by atoms with van der Waals surface area (Å²) in [4.78, 5) is 9.40. The summed E-state index contributed by atoms with van der Waals surface area (Å²) in [5, 5.41) is 3.34. The third kappa shape index (κ3) is 4.89. The molecule has 3 fully saturated rings. The molecule has 0 spiro atoms. The van der Waals surface area contributed by atoms with E-state index in [0.29, 0.717) is 6.54 Å². The number of sulfonamides is 1. The molecule has 1 saturated heterocycles. The van der Waals surface area contributed by atoms with Gasteiger partial charge in [0.25, 0.3) is 0 Å². The second-order valence-corrected chi connectivity index (χ2v) is 10.7. The molecule has 1 aliphatic heterocycles. The van der Waals surface area contributed by atoms with Gasteiger partial charge in [-0.2, -0.15) is 0 Å². The van der Waals surface area contributed by atoms with E-state index in [1.165, 1.54) is 31.9 Å². The maximum Gasteiger partial charge on any atom is 0.209 e. The Morgan fingerprint density at radius 3 is 2.35 bits per heavy atom. The smallest absolute Gasteiger partial charge is 0.209 e. The number of aliphatic imine (C=N–C) groups is 1. The number of fused-ring (bicyclic) bond motifs is 2. The van der Waals surface area contributed by atoms with Crippen molar-refractivity contribution in [2.75, 3.05) is 46.0 Å². The lowest BCUT2D eigenvalue weighted by molar-refractivity contribution is 0.0957. The Hall–Kier alpha value is -0.860. The molecule has 0 aromatic carbocycles. The fourth-order valence-corrected chi connectivity index (χ4v) is 6.17. The molecule has 8 heteroatoms. The molecule has 0 aromatic rings. The van der Waals surface area contributed by atoms with E-state index in [2.05, 4.69) is 24.8 Å². The van der Waals surface area contributed by atoms with Crippen molar-refractivity contribution >= 4 is 16.0 Å². The van der Waals surface area contributed by atoms with Crippen LogP contribution in [-0.2, 0) is 10.0 Å². The van der Waals surface area contributed by atoms with Crippen LogP contribution in [0.4, 0.5) is 0 Å². The molecule has 2 N–H and O–H groups in total. The molecule has 3 aliphatic rings. The average molecular weight is 386 g/mol. The minimum Gasteiger partial charge on any atom is -0.354 e. The standard InChI is InChI=1S/C18H35N5O2S/c1-18(2,21-26(4,24)25)13-20-17(19-3)23-9-7-22(8-10-23)16-12-14-5-6-15(16)11-14/h14-16,21H,5-13H2,1-4H3,(H,19,20). The quantitative estimate of drug-likeness (QED) is 0.538. The van der Waals surface area contributed by atoms with E-state index >= 15 is 0 Å². The van der Waals surface area contributed by atoms with E-state index in [4.69, 9.17) is 0 Å². The van der Waals surface area contributed by atoms with Crippen LogP contribution in [0.5, 0.6) is 0 Å². The van der Waals surface area contributed by atoms with Crippen LogP contribution in [0.1, 0.15) is 39.5 Å². The molecule has 0 radical (unpaired) electrons. The maximum absolute atomic E-state index is 11.5. The number of hydrogen-bond donors (Lipinski definition) is 2. The van der Waals surface area contributed by atoms with Crippen molar-refractivity contribution in [1.82, 2.24) is 19.8 Å². The molecule has 1 heterocycles. The van der Waals surface area contributed by atoms with Crippen molar-refractivity contribution in [3.63, 3.8) is 0 Å². The predicted molar refractivity (Wildman–Crippen MR) is 106 cm³/mol. The van der Waals surface area contributed by atoms with Gasteiger partial charge < -0.3 is 10.2 Å². The molecular weight excluding hydrogens is 350 g/mol. The largest absolute Gasteiger partial charge is 0.354 e. The Labute approximate surface area is 158 Å². The van der Waals surface area contributed by atoms with Crippen LogP contribution < -0.4 is 10.0 Å². The fourth-order valence-electron chi connectivity index (χ4n) is 5.09. The topological polar surface area (TPSA) is 77.0 Å². The van der Waals surface area contributed by atoms with Crippen LogP contribution >= 0.6 is 0 Å². The summed E-state index contributed by atoms with van der Waals surface area (Å²) < 4.78 is 25.7. The molecule has 150 valence electrons. The third-order valence-corrected chi connectivity index (χ3v) is 7.07. The van der Waals surface area contributed by atoms with E-state index in [1.807, 2.05) is 13.8 Å². The molecule has 2 aliphatic carbocycles. The Balaban J connectivity index is 1.48. The van der Waals surface area contributed by atoms with Gasteiger partial charge in [0.15, 0.2) is 5.96 Å². The van der Waals surface area contributed by atoms with Crippen molar-refractivity contribution in [2.24, 2.45) is 16.8 Å². The monoisotopic (exact) mass is 385 g/mol. The van der Waals surface area contributed by atoms with Gasteiger partial charge in [0.05, 0.1) is 6.26 Å². The van der Waals surface area contributed by atoms with Crippen LogP contribution in [-0.4, -0.2) is 81.8 Å². The predicted octanol–water partition coefficient (Wildman–Crippen LogP) is 0.696. The van der Waals surface area contributed by atoms with E-state index < -0.39 is 15.6 Å². The highest BCUT2D eigenvalue weighted by molar-refractivity contribution is 7.88. The van der Waals surface area contributed by atoms with Gasteiger partial charge in [0, 0.05) is 51.4 Å². The zero-order chi connectivity index (χ0) is 18.9. The molecule has 3 rings (SSSR count). The van der Waals surface area contributed by atoms with Crippen molar-refractivity contribution in [1.29, 1.82) is 0 Å². The van der Waals surface area contributed by atoms with Gasteiger partial charge in [0.1, 0.15) is 0 Å². The summed E-state index contributed by atoms with van der Waals surface area (Å²) in [7, 11) is -1.44. The van der Waals surface area contributed by atoms with Gasteiger partial charge in [-0.3, -0.25) is 9.89 Å². The third-order valence-electron chi connectivity index (χ3n) is 6.15. The molecule has 7 nitrogen and oxygen atoms in total. The molecule has 2 bridgehead atoms. The second kappa shape index (κ2) is 7.64. The summed E-state index contributed by atoms with van der Waals surface area (Å²) in [6, 6.07) is 0.809. The van der Waals surface area contributed by atoms with E-state index in [0.717, 1.165) is 50.0 Å². The average Bonchev–Trinajstić information content (AvgIpc) is 3.17. The zero-order valence-electron chi connectivity index (χ0n) is 16.7. The lowest BCUT2D eigenvalue weighted by atomic mass is 9.93. The van der Waals surface area contributed by atoms with Crippen LogP contribution in [0.3, 0.4) is 0 Å². The summed E-state index contributed by atoms with van der Waals surface area (Å²) in [5.41, 5.74) is -0.561. The van der Waals surface area contributed by atoms with Gasteiger partial charge in [-0.1, -0.05) is 6.42 Å². The molecule has 0 aromatic heterocycles. The van der Waals surface area contributed by atoms with Gasteiger partial charge in [0.2, 0.25) is 10.0 Å². The first-order valence-corrected chi connectivity index (χ1v) is 11.7. The Kier molecular flexibility index (Phi) is 5.84. The lowest BCUT2D eigenvalue weighted by Crippen LogP contribution is -2.58. The van der Waals surface area contributed by atoms with Gasteiger partial charge >= 0.3 is 0 Å².